The van der Waals surface area contributed by atoms with Gasteiger partial charge in [-0.25, -0.2) is 0 Å². The molecule has 1 amide bonds. The first-order valence-corrected chi connectivity index (χ1v) is 5.66. The van der Waals surface area contributed by atoms with E-state index in [1.54, 1.807) is 0 Å². The van der Waals surface area contributed by atoms with Gasteiger partial charge in [-0.15, -0.1) is 0 Å². The van der Waals surface area contributed by atoms with E-state index in [9.17, 15) is 4.79 Å². The highest BCUT2D eigenvalue weighted by atomic mass is 16.1. The zero-order chi connectivity index (χ0) is 12.3. The summed E-state index contributed by atoms with van der Waals surface area (Å²) >= 11 is 0. The van der Waals surface area contributed by atoms with Gasteiger partial charge >= 0.3 is 0 Å². The molecule has 4 nitrogen and oxygen atoms in total. The molecule has 0 spiro atoms. The summed E-state index contributed by atoms with van der Waals surface area (Å²) in [5.74, 6) is -0.0920. The number of hydrogen-bond acceptors (Lipinski definition) is 3. The Bertz CT molecular complexity index is 438. The first-order valence-electron chi connectivity index (χ1n) is 5.66. The molecule has 1 aliphatic rings. The Morgan fingerprint density at radius 3 is 2.76 bits per heavy atom. The lowest BCUT2D eigenvalue weighted by atomic mass is 10.1. The summed E-state index contributed by atoms with van der Waals surface area (Å²) in [5.41, 5.74) is 0.806. The Morgan fingerprint density at radius 2 is 2.18 bits per heavy atom. The molecule has 0 aliphatic carbocycles. The molecule has 1 aromatic rings. The van der Waals surface area contributed by atoms with Gasteiger partial charge in [-0.1, -0.05) is 18.2 Å². The molecular weight excluding hydrogens is 214 g/mol. The minimum Gasteiger partial charge on any atom is -0.326 e. The quantitative estimate of drug-likeness (QED) is 0.835. The van der Waals surface area contributed by atoms with Crippen molar-refractivity contribution >= 4 is 11.6 Å². The van der Waals surface area contributed by atoms with Crippen molar-refractivity contribution in [3.63, 3.8) is 0 Å². The summed E-state index contributed by atoms with van der Waals surface area (Å²) in [6.07, 6.45) is 0.617. The van der Waals surface area contributed by atoms with Crippen molar-refractivity contribution in [3.05, 3.63) is 30.3 Å². The van der Waals surface area contributed by atoms with Gasteiger partial charge in [0.15, 0.2) is 0 Å². The second-order valence-electron chi connectivity index (χ2n) is 4.37. The van der Waals surface area contributed by atoms with Crippen LogP contribution in [-0.4, -0.2) is 30.4 Å². The molecule has 0 aromatic heterocycles. The molecule has 88 valence electrons. The largest absolute Gasteiger partial charge is 0.326 e. The molecule has 2 atom stereocenters. The molecule has 1 N–H and O–H groups in total. The number of hydrogen-bond donors (Lipinski definition) is 1. The van der Waals surface area contributed by atoms with Crippen molar-refractivity contribution in [1.82, 2.24) is 4.90 Å². The third-order valence-corrected chi connectivity index (χ3v) is 3.11. The van der Waals surface area contributed by atoms with Gasteiger partial charge in [0.1, 0.15) is 0 Å². The third-order valence-electron chi connectivity index (χ3n) is 3.11. The van der Waals surface area contributed by atoms with Crippen LogP contribution in [0.25, 0.3) is 0 Å². The fourth-order valence-corrected chi connectivity index (χ4v) is 2.11. The van der Waals surface area contributed by atoms with E-state index in [1.165, 1.54) is 0 Å². The van der Waals surface area contributed by atoms with E-state index >= 15 is 0 Å². The van der Waals surface area contributed by atoms with Crippen LogP contribution >= 0.6 is 0 Å². The van der Waals surface area contributed by atoms with E-state index in [0.29, 0.717) is 13.0 Å². The van der Waals surface area contributed by atoms with Crippen molar-refractivity contribution in [1.29, 1.82) is 5.26 Å². The molecule has 2 rings (SSSR count). The number of benzene rings is 1. The lowest BCUT2D eigenvalue weighted by Gasteiger charge is -2.11. The molecule has 1 aliphatic heterocycles. The number of amides is 1. The molecule has 0 bridgehead atoms. The van der Waals surface area contributed by atoms with Gasteiger partial charge in [0.05, 0.1) is 18.0 Å². The number of likely N-dealkylation sites (tertiary alicyclic amines) is 1. The average molecular weight is 229 g/mol. The minimum atomic E-state index is -0.137. The minimum absolute atomic E-state index is 0.000741. The molecule has 2 unspecified atom stereocenters. The number of carbonyl (C=O) groups is 1. The number of nitrogens with zero attached hydrogens (tertiary/aromatic N) is 2. The first-order chi connectivity index (χ1) is 8.20. The molecule has 1 aromatic carbocycles. The van der Waals surface area contributed by atoms with Gasteiger partial charge in [0.2, 0.25) is 5.91 Å². The van der Waals surface area contributed by atoms with E-state index in [0.717, 1.165) is 5.69 Å². The maximum absolute atomic E-state index is 12.0. The zero-order valence-corrected chi connectivity index (χ0v) is 9.76. The Hall–Kier alpha value is -1.86. The zero-order valence-electron chi connectivity index (χ0n) is 9.76. The predicted molar refractivity (Wildman–Crippen MR) is 65.2 cm³/mol. The van der Waals surface area contributed by atoms with Crippen molar-refractivity contribution < 1.29 is 4.79 Å². The number of carbonyl (C=O) groups excluding carboxylic acids is 1. The number of nitrogens with one attached hydrogen (secondary N) is 1. The topological polar surface area (TPSA) is 56.1 Å². The van der Waals surface area contributed by atoms with Crippen molar-refractivity contribution in [3.8, 4) is 6.07 Å². The fraction of sp³-hybridized carbons (Fsp3) is 0.385. The van der Waals surface area contributed by atoms with Crippen molar-refractivity contribution in [2.24, 2.45) is 5.92 Å². The standard InChI is InChI=1S/C13H15N3O/c1-16-9-10(7-12(16)8-14)13(17)15-11-5-3-2-4-6-11/h2-6,10,12H,7,9H2,1H3,(H,15,17). The molecular formula is C13H15N3O. The van der Waals surface area contributed by atoms with Crippen molar-refractivity contribution in [2.45, 2.75) is 12.5 Å². The van der Waals surface area contributed by atoms with Crippen LogP contribution in [0.5, 0.6) is 0 Å². The Kier molecular flexibility index (Phi) is 3.40. The van der Waals surface area contributed by atoms with Gasteiger partial charge in [-0.3, -0.25) is 9.69 Å². The lowest BCUT2D eigenvalue weighted by Crippen LogP contribution is -2.26. The predicted octanol–water partition coefficient (Wildman–Crippen LogP) is 1.47. The lowest BCUT2D eigenvalue weighted by molar-refractivity contribution is -0.119. The van der Waals surface area contributed by atoms with E-state index in [1.807, 2.05) is 42.3 Å². The normalized spacial score (nSPS) is 24.2. The summed E-state index contributed by atoms with van der Waals surface area (Å²) in [5, 5.41) is 11.8. The highest BCUT2D eigenvalue weighted by Crippen LogP contribution is 2.22. The second kappa shape index (κ2) is 4.98. The maximum atomic E-state index is 12.0. The van der Waals surface area contributed by atoms with Gasteiger partial charge < -0.3 is 5.32 Å². The van der Waals surface area contributed by atoms with E-state index in [-0.39, 0.29) is 17.9 Å². The molecule has 1 fully saturated rings. The monoisotopic (exact) mass is 229 g/mol. The van der Waals surface area contributed by atoms with Crippen LogP contribution in [0, 0.1) is 17.2 Å². The maximum Gasteiger partial charge on any atom is 0.228 e. The second-order valence-corrected chi connectivity index (χ2v) is 4.37. The molecule has 1 saturated heterocycles. The Labute approximate surface area is 101 Å². The van der Waals surface area contributed by atoms with Gasteiger partial charge in [0, 0.05) is 12.2 Å². The van der Waals surface area contributed by atoms with Crippen LogP contribution in [-0.2, 0) is 4.79 Å². The van der Waals surface area contributed by atoms with Gasteiger partial charge in [-0.2, -0.15) is 5.26 Å². The smallest absolute Gasteiger partial charge is 0.228 e. The van der Waals surface area contributed by atoms with Crippen LogP contribution in [0.15, 0.2) is 30.3 Å². The van der Waals surface area contributed by atoms with E-state index in [4.69, 9.17) is 5.26 Å². The van der Waals surface area contributed by atoms with Crippen molar-refractivity contribution in [2.75, 3.05) is 18.9 Å². The van der Waals surface area contributed by atoms with Gasteiger partial charge in [0.25, 0.3) is 0 Å². The highest BCUT2D eigenvalue weighted by molar-refractivity contribution is 5.92. The molecule has 17 heavy (non-hydrogen) atoms. The number of anilines is 1. The SMILES string of the molecule is CN1CC(C(=O)Nc2ccccc2)CC1C#N. The molecule has 1 heterocycles. The van der Waals surface area contributed by atoms with Crippen LogP contribution in [0.3, 0.4) is 0 Å². The van der Waals surface area contributed by atoms with Crippen LogP contribution in [0.4, 0.5) is 5.69 Å². The van der Waals surface area contributed by atoms with Crippen LogP contribution in [0.1, 0.15) is 6.42 Å². The third kappa shape index (κ3) is 2.63. The fourth-order valence-electron chi connectivity index (χ4n) is 2.11. The van der Waals surface area contributed by atoms with E-state index in [2.05, 4.69) is 11.4 Å². The Balaban J connectivity index is 1.97. The average Bonchev–Trinajstić information content (AvgIpc) is 2.72. The number of nitriles is 1. The summed E-state index contributed by atoms with van der Waals surface area (Å²) in [6, 6.07) is 11.5. The summed E-state index contributed by atoms with van der Waals surface area (Å²) < 4.78 is 0. The van der Waals surface area contributed by atoms with Gasteiger partial charge in [-0.05, 0) is 25.6 Å². The summed E-state index contributed by atoms with van der Waals surface area (Å²) in [4.78, 5) is 13.9. The van der Waals surface area contributed by atoms with Crippen LogP contribution < -0.4 is 5.32 Å². The summed E-state index contributed by atoms with van der Waals surface area (Å²) in [7, 11) is 1.88. The van der Waals surface area contributed by atoms with E-state index < -0.39 is 0 Å². The number of para-hydroxylation sites is 1. The highest BCUT2D eigenvalue weighted by Gasteiger charge is 2.33. The Morgan fingerprint density at radius 1 is 1.47 bits per heavy atom. The summed E-state index contributed by atoms with van der Waals surface area (Å²) in [6.45, 7) is 0.650. The number of rotatable bonds is 2. The first kappa shape index (κ1) is 11.6. The molecule has 0 saturated carbocycles. The molecule has 4 heteroatoms. The molecule has 0 radical (unpaired) electrons. The van der Waals surface area contributed by atoms with Crippen LogP contribution in [0.2, 0.25) is 0 Å².